The number of benzene rings is 1. The highest BCUT2D eigenvalue weighted by molar-refractivity contribution is 5.94. The van der Waals surface area contributed by atoms with Crippen molar-refractivity contribution < 1.29 is 4.79 Å². The number of hydrogen-bond acceptors (Lipinski definition) is 5. The SMILES string of the molecule is O=C(c1ccc(CN2CCC3(CCCN(C4CCCCC4)C3)CC2)cc1)N(Cc1ncc[nH]1)Cc1ncc[nH]1. The van der Waals surface area contributed by atoms with E-state index in [-0.39, 0.29) is 5.91 Å². The van der Waals surface area contributed by atoms with Crippen molar-refractivity contribution >= 4 is 5.91 Å². The monoisotopic (exact) mass is 529 g/mol. The van der Waals surface area contributed by atoms with Crippen LogP contribution in [0, 0.1) is 5.41 Å². The van der Waals surface area contributed by atoms with Crippen LogP contribution in [0.25, 0.3) is 0 Å². The van der Waals surface area contributed by atoms with Gasteiger partial charge in [-0.25, -0.2) is 9.97 Å². The molecule has 1 aromatic carbocycles. The number of piperidine rings is 2. The molecule has 3 fully saturated rings. The fourth-order valence-electron chi connectivity index (χ4n) is 7.12. The number of nitrogens with zero attached hydrogens (tertiary/aromatic N) is 5. The Morgan fingerprint density at radius 1 is 0.872 bits per heavy atom. The standard InChI is InChI=1S/C31H43N7O/c39-30(38(22-28-32-14-15-33-28)23-29-34-16-17-35-29)26-9-7-25(8-10-26)21-36-19-12-31(13-20-36)11-4-18-37(24-31)27-5-2-1-3-6-27/h7-10,14-17,27H,1-6,11-13,18-24H2,(H,32,33)(H,34,35). The lowest BCUT2D eigenvalue weighted by atomic mass is 9.71. The van der Waals surface area contributed by atoms with Gasteiger partial charge in [0.05, 0.1) is 13.1 Å². The van der Waals surface area contributed by atoms with E-state index in [0.29, 0.717) is 24.1 Å². The third kappa shape index (κ3) is 6.44. The molecule has 2 aromatic heterocycles. The normalized spacial score (nSPS) is 20.8. The molecule has 4 heterocycles. The van der Waals surface area contributed by atoms with Gasteiger partial charge in [-0.2, -0.15) is 0 Å². The van der Waals surface area contributed by atoms with E-state index in [1.54, 1.807) is 29.7 Å². The summed E-state index contributed by atoms with van der Waals surface area (Å²) in [5.74, 6) is 1.50. The molecule has 8 heteroatoms. The van der Waals surface area contributed by atoms with Gasteiger partial charge >= 0.3 is 0 Å². The maximum Gasteiger partial charge on any atom is 0.254 e. The minimum atomic E-state index is -0.0194. The predicted molar refractivity (Wildman–Crippen MR) is 152 cm³/mol. The van der Waals surface area contributed by atoms with E-state index in [1.807, 2.05) is 12.1 Å². The number of likely N-dealkylation sites (tertiary alicyclic amines) is 2. The van der Waals surface area contributed by atoms with Gasteiger partial charge < -0.3 is 14.9 Å². The maximum absolute atomic E-state index is 13.4. The largest absolute Gasteiger partial charge is 0.347 e. The van der Waals surface area contributed by atoms with Crippen LogP contribution in [-0.4, -0.2) is 72.8 Å². The Labute approximate surface area is 232 Å². The first-order valence-electron chi connectivity index (χ1n) is 15.0. The molecule has 3 aromatic rings. The molecule has 6 rings (SSSR count). The Kier molecular flexibility index (Phi) is 8.11. The van der Waals surface area contributed by atoms with E-state index >= 15 is 0 Å². The van der Waals surface area contributed by atoms with Crippen molar-refractivity contribution in [1.29, 1.82) is 0 Å². The number of imidazole rings is 2. The third-order valence-corrected chi connectivity index (χ3v) is 9.38. The molecular weight excluding hydrogens is 486 g/mol. The Hall–Kier alpha value is -2.97. The van der Waals surface area contributed by atoms with Crippen LogP contribution in [0.2, 0.25) is 0 Å². The summed E-state index contributed by atoms with van der Waals surface area (Å²) >= 11 is 0. The second kappa shape index (κ2) is 12.0. The summed E-state index contributed by atoms with van der Waals surface area (Å²) in [6.45, 7) is 6.78. The van der Waals surface area contributed by atoms with Gasteiger partial charge in [-0.05, 0) is 81.3 Å². The number of rotatable bonds is 8. The zero-order valence-corrected chi connectivity index (χ0v) is 23.2. The van der Waals surface area contributed by atoms with E-state index in [1.165, 1.54) is 89.5 Å². The van der Waals surface area contributed by atoms with E-state index in [2.05, 4.69) is 41.9 Å². The topological polar surface area (TPSA) is 84.2 Å². The van der Waals surface area contributed by atoms with Crippen LogP contribution in [0.1, 0.15) is 85.4 Å². The predicted octanol–water partition coefficient (Wildman–Crippen LogP) is 4.99. The Bertz CT molecular complexity index is 1120. The van der Waals surface area contributed by atoms with Crippen LogP contribution in [0.5, 0.6) is 0 Å². The molecule has 1 spiro atoms. The molecule has 39 heavy (non-hydrogen) atoms. The zero-order chi connectivity index (χ0) is 26.5. The lowest BCUT2D eigenvalue weighted by Gasteiger charge is -2.50. The smallest absolute Gasteiger partial charge is 0.254 e. The van der Waals surface area contributed by atoms with Gasteiger partial charge in [-0.3, -0.25) is 14.6 Å². The van der Waals surface area contributed by atoms with Gasteiger partial charge in [0, 0.05) is 49.5 Å². The van der Waals surface area contributed by atoms with Crippen molar-refractivity contribution in [3.63, 3.8) is 0 Å². The molecule has 0 radical (unpaired) electrons. The van der Waals surface area contributed by atoms with Gasteiger partial charge in [0.25, 0.3) is 5.91 Å². The highest BCUT2D eigenvalue weighted by Gasteiger charge is 2.40. The quantitative estimate of drug-likeness (QED) is 0.430. The summed E-state index contributed by atoms with van der Waals surface area (Å²) in [4.78, 5) is 35.5. The Balaban J connectivity index is 1.04. The number of amides is 1. The summed E-state index contributed by atoms with van der Waals surface area (Å²) in [7, 11) is 0. The molecule has 2 saturated heterocycles. The number of H-pyrrole nitrogens is 2. The van der Waals surface area contributed by atoms with Crippen molar-refractivity contribution in [1.82, 2.24) is 34.6 Å². The maximum atomic E-state index is 13.4. The number of aromatic nitrogens is 4. The van der Waals surface area contributed by atoms with Crippen molar-refractivity contribution in [3.05, 3.63) is 71.8 Å². The van der Waals surface area contributed by atoms with E-state index in [0.717, 1.165) is 24.2 Å². The lowest BCUT2D eigenvalue weighted by molar-refractivity contribution is -0.00301. The van der Waals surface area contributed by atoms with Gasteiger partial charge in [0.1, 0.15) is 11.6 Å². The molecule has 1 saturated carbocycles. The molecule has 0 unspecified atom stereocenters. The Morgan fingerprint density at radius 3 is 2.15 bits per heavy atom. The first kappa shape index (κ1) is 26.3. The number of carbonyl (C=O) groups is 1. The van der Waals surface area contributed by atoms with E-state index < -0.39 is 0 Å². The van der Waals surface area contributed by atoms with Crippen LogP contribution < -0.4 is 0 Å². The van der Waals surface area contributed by atoms with Gasteiger partial charge in [0.15, 0.2) is 0 Å². The summed E-state index contributed by atoms with van der Waals surface area (Å²) in [6, 6.07) is 9.05. The number of carbonyl (C=O) groups excluding carboxylic acids is 1. The molecule has 8 nitrogen and oxygen atoms in total. The Morgan fingerprint density at radius 2 is 1.54 bits per heavy atom. The molecule has 208 valence electrons. The van der Waals surface area contributed by atoms with Crippen LogP contribution in [0.4, 0.5) is 0 Å². The molecule has 1 aliphatic carbocycles. The molecule has 2 aliphatic heterocycles. The molecular formula is C31H43N7O. The second-order valence-corrected chi connectivity index (χ2v) is 12.1. The van der Waals surface area contributed by atoms with Crippen LogP contribution in [0.15, 0.2) is 49.1 Å². The molecule has 1 amide bonds. The average molecular weight is 530 g/mol. The van der Waals surface area contributed by atoms with E-state index in [4.69, 9.17) is 0 Å². The highest BCUT2D eigenvalue weighted by Crippen LogP contribution is 2.41. The average Bonchev–Trinajstić information content (AvgIpc) is 3.70. The highest BCUT2D eigenvalue weighted by atomic mass is 16.2. The fourth-order valence-corrected chi connectivity index (χ4v) is 7.12. The van der Waals surface area contributed by atoms with E-state index in [9.17, 15) is 4.79 Å². The van der Waals surface area contributed by atoms with Gasteiger partial charge in [0.2, 0.25) is 0 Å². The van der Waals surface area contributed by atoms with Crippen molar-refractivity contribution in [2.75, 3.05) is 26.2 Å². The van der Waals surface area contributed by atoms with Gasteiger partial charge in [-0.15, -0.1) is 0 Å². The molecule has 0 atom stereocenters. The number of nitrogens with one attached hydrogen (secondary N) is 2. The molecule has 3 aliphatic rings. The zero-order valence-electron chi connectivity index (χ0n) is 23.2. The lowest BCUT2D eigenvalue weighted by Crippen LogP contribution is -2.52. The van der Waals surface area contributed by atoms with Crippen LogP contribution in [-0.2, 0) is 19.6 Å². The number of hydrogen-bond donors (Lipinski definition) is 2. The third-order valence-electron chi connectivity index (χ3n) is 9.38. The minimum absolute atomic E-state index is 0.0194. The van der Waals surface area contributed by atoms with Crippen LogP contribution in [0.3, 0.4) is 0 Å². The summed E-state index contributed by atoms with van der Waals surface area (Å²) in [6.07, 6.45) is 19.6. The summed E-state index contributed by atoms with van der Waals surface area (Å²) in [5.41, 5.74) is 2.51. The van der Waals surface area contributed by atoms with Crippen molar-refractivity contribution in [2.24, 2.45) is 5.41 Å². The summed E-state index contributed by atoms with van der Waals surface area (Å²) in [5, 5.41) is 0. The first-order chi connectivity index (χ1) is 19.2. The number of aromatic amines is 2. The van der Waals surface area contributed by atoms with Crippen molar-refractivity contribution in [3.8, 4) is 0 Å². The minimum Gasteiger partial charge on any atom is -0.347 e. The molecule has 2 N–H and O–H groups in total. The fraction of sp³-hybridized carbons (Fsp3) is 0.581. The second-order valence-electron chi connectivity index (χ2n) is 12.1. The van der Waals surface area contributed by atoms with Crippen LogP contribution >= 0.6 is 0 Å². The van der Waals surface area contributed by atoms with Gasteiger partial charge in [-0.1, -0.05) is 31.4 Å². The van der Waals surface area contributed by atoms with Crippen molar-refractivity contribution in [2.45, 2.75) is 83.5 Å². The first-order valence-corrected chi connectivity index (χ1v) is 15.0. The molecule has 0 bridgehead atoms. The summed E-state index contributed by atoms with van der Waals surface area (Å²) < 4.78 is 0.